The standard InChI is InChI=1S/C14H21NOS/c1-9-7-10(2)12(4)13(11(9)3)5-6-15-14(16)8-17/h7,17H,5-6,8H2,1-4H3,(H,15,16). The van der Waals surface area contributed by atoms with Gasteiger partial charge in [-0.05, 0) is 61.9 Å². The van der Waals surface area contributed by atoms with Crippen molar-refractivity contribution in [3.63, 3.8) is 0 Å². The lowest BCUT2D eigenvalue weighted by atomic mass is 9.92. The van der Waals surface area contributed by atoms with Crippen molar-refractivity contribution in [2.45, 2.75) is 34.1 Å². The van der Waals surface area contributed by atoms with Gasteiger partial charge in [-0.25, -0.2) is 0 Å². The van der Waals surface area contributed by atoms with Crippen LogP contribution in [0.1, 0.15) is 27.8 Å². The highest BCUT2D eigenvalue weighted by Crippen LogP contribution is 2.21. The van der Waals surface area contributed by atoms with Crippen LogP contribution in [-0.4, -0.2) is 18.2 Å². The van der Waals surface area contributed by atoms with E-state index in [4.69, 9.17) is 0 Å². The summed E-state index contributed by atoms with van der Waals surface area (Å²) in [5, 5.41) is 2.86. The molecule has 2 nitrogen and oxygen atoms in total. The molecule has 1 amide bonds. The van der Waals surface area contributed by atoms with E-state index in [1.807, 2.05) is 0 Å². The predicted molar refractivity (Wildman–Crippen MR) is 76.0 cm³/mol. The lowest BCUT2D eigenvalue weighted by molar-refractivity contribution is -0.118. The number of hydrogen-bond acceptors (Lipinski definition) is 2. The molecule has 0 spiro atoms. The second kappa shape index (κ2) is 6.10. The van der Waals surface area contributed by atoms with Gasteiger partial charge in [-0.2, -0.15) is 12.6 Å². The average molecular weight is 251 g/mol. The Hall–Kier alpha value is -0.960. The minimum atomic E-state index is -0.00647. The first-order chi connectivity index (χ1) is 7.97. The van der Waals surface area contributed by atoms with Crippen LogP contribution in [0.4, 0.5) is 0 Å². The number of hydrogen-bond donors (Lipinski definition) is 2. The van der Waals surface area contributed by atoms with Crippen molar-refractivity contribution >= 4 is 18.5 Å². The highest BCUT2D eigenvalue weighted by atomic mass is 32.1. The highest BCUT2D eigenvalue weighted by molar-refractivity contribution is 7.81. The molecule has 1 N–H and O–H groups in total. The molecule has 0 unspecified atom stereocenters. The van der Waals surface area contributed by atoms with Gasteiger partial charge in [0.15, 0.2) is 0 Å². The van der Waals surface area contributed by atoms with Crippen LogP contribution in [0.15, 0.2) is 6.07 Å². The van der Waals surface area contributed by atoms with Crippen LogP contribution >= 0.6 is 12.6 Å². The molecule has 94 valence electrons. The lowest BCUT2D eigenvalue weighted by Gasteiger charge is -2.15. The van der Waals surface area contributed by atoms with Crippen LogP contribution in [-0.2, 0) is 11.2 Å². The van der Waals surface area contributed by atoms with E-state index in [0.717, 1.165) is 6.42 Å². The Kier molecular flexibility index (Phi) is 5.06. The molecule has 0 aromatic heterocycles. The summed E-state index contributed by atoms with van der Waals surface area (Å²) in [4.78, 5) is 11.1. The van der Waals surface area contributed by atoms with Gasteiger partial charge in [0, 0.05) is 6.54 Å². The van der Waals surface area contributed by atoms with Crippen LogP contribution in [0, 0.1) is 27.7 Å². The zero-order valence-electron chi connectivity index (χ0n) is 11.1. The van der Waals surface area contributed by atoms with Crippen LogP contribution in [0.25, 0.3) is 0 Å². The van der Waals surface area contributed by atoms with Crippen molar-refractivity contribution in [2.24, 2.45) is 0 Å². The first-order valence-electron chi connectivity index (χ1n) is 5.91. The minimum Gasteiger partial charge on any atom is -0.355 e. The van der Waals surface area contributed by atoms with Gasteiger partial charge in [-0.3, -0.25) is 4.79 Å². The van der Waals surface area contributed by atoms with Crippen molar-refractivity contribution in [1.82, 2.24) is 5.32 Å². The number of carbonyl (C=O) groups excluding carboxylic acids is 1. The van der Waals surface area contributed by atoms with Crippen molar-refractivity contribution < 1.29 is 4.79 Å². The van der Waals surface area contributed by atoms with Gasteiger partial charge in [0.2, 0.25) is 5.91 Å². The van der Waals surface area contributed by atoms with Gasteiger partial charge in [-0.1, -0.05) is 6.07 Å². The molecule has 1 aromatic carbocycles. The van der Waals surface area contributed by atoms with Crippen LogP contribution in [0.2, 0.25) is 0 Å². The monoisotopic (exact) mass is 251 g/mol. The van der Waals surface area contributed by atoms with E-state index < -0.39 is 0 Å². The largest absolute Gasteiger partial charge is 0.355 e. The Bertz CT molecular complexity index is 400. The Morgan fingerprint density at radius 1 is 1.18 bits per heavy atom. The first-order valence-corrected chi connectivity index (χ1v) is 6.54. The minimum absolute atomic E-state index is 0.00647. The maximum Gasteiger partial charge on any atom is 0.229 e. The summed E-state index contributed by atoms with van der Waals surface area (Å²) in [6, 6.07) is 2.22. The maximum absolute atomic E-state index is 11.1. The Morgan fingerprint density at radius 3 is 2.18 bits per heavy atom. The molecular weight excluding hydrogens is 230 g/mol. The van der Waals surface area contributed by atoms with E-state index >= 15 is 0 Å². The van der Waals surface area contributed by atoms with Crippen molar-refractivity contribution in [1.29, 1.82) is 0 Å². The van der Waals surface area contributed by atoms with Crippen LogP contribution in [0.5, 0.6) is 0 Å². The molecule has 0 aliphatic heterocycles. The first kappa shape index (κ1) is 14.1. The zero-order valence-corrected chi connectivity index (χ0v) is 11.9. The Morgan fingerprint density at radius 2 is 1.71 bits per heavy atom. The van der Waals surface area contributed by atoms with Crippen LogP contribution in [0.3, 0.4) is 0 Å². The van der Waals surface area contributed by atoms with E-state index in [-0.39, 0.29) is 11.7 Å². The van der Waals surface area contributed by atoms with E-state index in [2.05, 4.69) is 51.7 Å². The smallest absolute Gasteiger partial charge is 0.229 e. The van der Waals surface area contributed by atoms with E-state index in [1.54, 1.807) is 0 Å². The number of nitrogens with one attached hydrogen (secondary N) is 1. The fourth-order valence-corrected chi connectivity index (χ4v) is 2.17. The molecule has 0 heterocycles. The number of benzene rings is 1. The fourth-order valence-electron chi connectivity index (χ4n) is 2.06. The molecular formula is C14H21NOS. The van der Waals surface area contributed by atoms with E-state index in [0.29, 0.717) is 6.54 Å². The normalized spacial score (nSPS) is 10.4. The molecule has 1 rings (SSSR count). The summed E-state index contributed by atoms with van der Waals surface area (Å²) in [6.45, 7) is 9.26. The number of carbonyl (C=O) groups is 1. The fraction of sp³-hybridized carbons (Fsp3) is 0.500. The second-order valence-corrected chi connectivity index (χ2v) is 4.81. The number of amides is 1. The quantitative estimate of drug-likeness (QED) is 0.791. The number of rotatable bonds is 4. The molecule has 1 aromatic rings. The SMILES string of the molecule is Cc1cc(C)c(C)c(CCNC(=O)CS)c1C. The topological polar surface area (TPSA) is 29.1 Å². The van der Waals surface area contributed by atoms with Crippen LogP contribution < -0.4 is 5.32 Å². The van der Waals surface area contributed by atoms with Gasteiger partial charge in [0.05, 0.1) is 5.75 Å². The van der Waals surface area contributed by atoms with E-state index in [9.17, 15) is 4.79 Å². The molecule has 0 fully saturated rings. The summed E-state index contributed by atoms with van der Waals surface area (Å²) < 4.78 is 0. The molecule has 0 bridgehead atoms. The summed E-state index contributed by atoms with van der Waals surface area (Å²) in [5.41, 5.74) is 6.69. The molecule has 0 atom stereocenters. The summed E-state index contributed by atoms with van der Waals surface area (Å²) >= 11 is 3.94. The zero-order chi connectivity index (χ0) is 13.0. The molecule has 0 saturated carbocycles. The Balaban J connectivity index is 2.80. The summed E-state index contributed by atoms with van der Waals surface area (Å²) in [7, 11) is 0. The van der Waals surface area contributed by atoms with Gasteiger partial charge in [-0.15, -0.1) is 0 Å². The Labute approximate surface area is 109 Å². The third kappa shape index (κ3) is 3.50. The predicted octanol–water partition coefficient (Wildman–Crippen LogP) is 2.51. The summed E-state index contributed by atoms with van der Waals surface area (Å²) in [6.07, 6.45) is 0.889. The summed E-state index contributed by atoms with van der Waals surface area (Å²) in [5.74, 6) is 0.248. The third-order valence-electron chi connectivity index (χ3n) is 3.36. The van der Waals surface area contributed by atoms with Gasteiger partial charge < -0.3 is 5.32 Å². The van der Waals surface area contributed by atoms with Gasteiger partial charge >= 0.3 is 0 Å². The molecule has 0 aliphatic rings. The molecule has 3 heteroatoms. The van der Waals surface area contributed by atoms with Gasteiger partial charge in [0.1, 0.15) is 0 Å². The molecule has 0 saturated heterocycles. The van der Waals surface area contributed by atoms with Gasteiger partial charge in [0.25, 0.3) is 0 Å². The van der Waals surface area contributed by atoms with Crippen molar-refractivity contribution in [3.8, 4) is 0 Å². The molecule has 0 radical (unpaired) electrons. The second-order valence-electron chi connectivity index (χ2n) is 4.50. The lowest BCUT2D eigenvalue weighted by Crippen LogP contribution is -2.27. The third-order valence-corrected chi connectivity index (χ3v) is 3.65. The number of thiol groups is 1. The highest BCUT2D eigenvalue weighted by Gasteiger charge is 2.08. The van der Waals surface area contributed by atoms with Crippen molar-refractivity contribution in [2.75, 3.05) is 12.3 Å². The van der Waals surface area contributed by atoms with E-state index in [1.165, 1.54) is 27.8 Å². The maximum atomic E-state index is 11.1. The van der Waals surface area contributed by atoms with Crippen molar-refractivity contribution in [3.05, 3.63) is 33.9 Å². The number of aryl methyl sites for hydroxylation is 2. The molecule has 0 aliphatic carbocycles. The molecule has 17 heavy (non-hydrogen) atoms. The average Bonchev–Trinajstić information content (AvgIpc) is 2.30.